The molecule has 0 spiro atoms. The van der Waals surface area contributed by atoms with Crippen LogP contribution in [0.3, 0.4) is 0 Å². The van der Waals surface area contributed by atoms with E-state index in [4.69, 9.17) is 4.74 Å². The van der Waals surface area contributed by atoms with Crippen LogP contribution >= 0.6 is 0 Å². The first kappa shape index (κ1) is 12.7. The third kappa shape index (κ3) is 3.13. The minimum atomic E-state index is -0.373. The van der Waals surface area contributed by atoms with Gasteiger partial charge in [0.2, 0.25) is 0 Å². The lowest BCUT2D eigenvalue weighted by molar-refractivity contribution is 0.0947. The van der Waals surface area contributed by atoms with Crippen molar-refractivity contribution in [1.82, 2.24) is 5.32 Å². The van der Waals surface area contributed by atoms with Crippen molar-refractivity contribution >= 4 is 5.91 Å². The number of amides is 1. The number of rotatable bonds is 4. The Morgan fingerprint density at radius 1 is 1.44 bits per heavy atom. The van der Waals surface area contributed by atoms with Crippen LogP contribution in [0.2, 0.25) is 0 Å². The van der Waals surface area contributed by atoms with Gasteiger partial charge in [-0.05, 0) is 37.0 Å². The van der Waals surface area contributed by atoms with Crippen LogP contribution in [0.5, 0.6) is 11.5 Å². The van der Waals surface area contributed by atoms with Crippen molar-refractivity contribution in [3.63, 3.8) is 0 Å². The van der Waals surface area contributed by atoms with Crippen molar-refractivity contribution in [2.75, 3.05) is 19.8 Å². The van der Waals surface area contributed by atoms with Gasteiger partial charge in [-0.1, -0.05) is 0 Å². The molecule has 0 bridgehead atoms. The van der Waals surface area contributed by atoms with Gasteiger partial charge < -0.3 is 20.3 Å². The highest BCUT2D eigenvalue weighted by Gasteiger charge is 2.16. The molecular weight excluding hydrogens is 234 g/mol. The Kier molecular flexibility index (Phi) is 4.04. The average molecular weight is 251 g/mol. The minimum absolute atomic E-state index is 0.0397. The molecule has 0 radical (unpaired) electrons. The third-order valence-electron chi connectivity index (χ3n) is 3.09. The topological polar surface area (TPSA) is 78.8 Å². The molecular formula is C13H17NO4. The molecule has 1 atom stereocenters. The summed E-state index contributed by atoms with van der Waals surface area (Å²) < 4.78 is 5.25. The second-order valence-corrected chi connectivity index (χ2v) is 4.48. The molecule has 98 valence electrons. The van der Waals surface area contributed by atoms with E-state index >= 15 is 0 Å². The first-order chi connectivity index (χ1) is 8.66. The van der Waals surface area contributed by atoms with Crippen molar-refractivity contribution < 1.29 is 19.7 Å². The van der Waals surface area contributed by atoms with Crippen LogP contribution in [0.15, 0.2) is 18.2 Å². The highest BCUT2D eigenvalue weighted by molar-refractivity contribution is 5.97. The van der Waals surface area contributed by atoms with Crippen LogP contribution < -0.4 is 5.32 Å². The van der Waals surface area contributed by atoms with Gasteiger partial charge in [0.05, 0.1) is 5.56 Å². The van der Waals surface area contributed by atoms with E-state index in [1.165, 1.54) is 18.2 Å². The molecule has 5 nitrogen and oxygen atoms in total. The molecule has 1 aliphatic rings. The molecule has 2 rings (SSSR count). The number of benzene rings is 1. The molecule has 1 aromatic rings. The summed E-state index contributed by atoms with van der Waals surface area (Å²) in [6.45, 7) is 2.10. The predicted octanol–water partition coefficient (Wildman–Crippen LogP) is 1.25. The maximum absolute atomic E-state index is 11.8. The van der Waals surface area contributed by atoms with Gasteiger partial charge in [0.15, 0.2) is 0 Å². The van der Waals surface area contributed by atoms with Crippen molar-refractivity contribution in [3.8, 4) is 11.5 Å². The highest BCUT2D eigenvalue weighted by atomic mass is 16.5. The average Bonchev–Trinajstić information content (AvgIpc) is 2.85. The zero-order valence-corrected chi connectivity index (χ0v) is 10.1. The fourth-order valence-corrected chi connectivity index (χ4v) is 2.00. The first-order valence-electron chi connectivity index (χ1n) is 6.05. The number of hydrogen-bond acceptors (Lipinski definition) is 4. The number of hydrogen-bond donors (Lipinski definition) is 3. The first-order valence-corrected chi connectivity index (χ1v) is 6.05. The molecule has 1 amide bonds. The molecule has 1 unspecified atom stereocenters. The molecule has 5 heteroatoms. The van der Waals surface area contributed by atoms with E-state index in [1.807, 2.05) is 0 Å². The Morgan fingerprint density at radius 3 is 3.00 bits per heavy atom. The standard InChI is InChI=1S/C13H17NO4/c15-10-1-2-12(16)11(7-10)13(17)14-5-3-9-4-6-18-8-9/h1-2,7,9,15-16H,3-6,8H2,(H,14,17). The van der Waals surface area contributed by atoms with Crippen molar-refractivity contribution in [1.29, 1.82) is 0 Å². The van der Waals surface area contributed by atoms with Crippen LogP contribution in [0, 0.1) is 5.92 Å². The number of aromatic hydroxyl groups is 2. The fourth-order valence-electron chi connectivity index (χ4n) is 2.00. The van der Waals surface area contributed by atoms with Gasteiger partial charge in [-0.2, -0.15) is 0 Å². The van der Waals surface area contributed by atoms with Crippen LogP contribution in [0.4, 0.5) is 0 Å². The lowest BCUT2D eigenvalue weighted by Gasteiger charge is -2.09. The summed E-state index contributed by atoms with van der Waals surface area (Å²) in [5.41, 5.74) is 0.0951. The number of phenols is 2. The smallest absolute Gasteiger partial charge is 0.255 e. The van der Waals surface area contributed by atoms with Crippen LogP contribution in [0.25, 0.3) is 0 Å². The molecule has 1 aromatic carbocycles. The Morgan fingerprint density at radius 2 is 2.28 bits per heavy atom. The van der Waals surface area contributed by atoms with Gasteiger partial charge in [0, 0.05) is 19.8 Å². The molecule has 1 fully saturated rings. The summed E-state index contributed by atoms with van der Waals surface area (Å²) in [6, 6.07) is 3.89. The molecule has 1 heterocycles. The zero-order chi connectivity index (χ0) is 13.0. The Hall–Kier alpha value is -1.75. The summed E-state index contributed by atoms with van der Waals surface area (Å²) in [7, 11) is 0. The summed E-state index contributed by atoms with van der Waals surface area (Å²) in [5.74, 6) is -0.0398. The highest BCUT2D eigenvalue weighted by Crippen LogP contribution is 2.22. The Bertz CT molecular complexity index is 427. The molecule has 3 N–H and O–H groups in total. The van der Waals surface area contributed by atoms with Crippen molar-refractivity contribution in [2.45, 2.75) is 12.8 Å². The van der Waals surface area contributed by atoms with Gasteiger partial charge in [0.25, 0.3) is 5.91 Å². The van der Waals surface area contributed by atoms with E-state index in [9.17, 15) is 15.0 Å². The summed E-state index contributed by atoms with van der Waals surface area (Å²) in [4.78, 5) is 11.8. The van der Waals surface area contributed by atoms with Crippen molar-refractivity contribution in [3.05, 3.63) is 23.8 Å². The predicted molar refractivity (Wildman–Crippen MR) is 65.6 cm³/mol. The largest absolute Gasteiger partial charge is 0.508 e. The van der Waals surface area contributed by atoms with Gasteiger partial charge >= 0.3 is 0 Å². The SMILES string of the molecule is O=C(NCCC1CCOC1)c1cc(O)ccc1O. The molecule has 18 heavy (non-hydrogen) atoms. The maximum Gasteiger partial charge on any atom is 0.255 e. The molecule has 1 saturated heterocycles. The summed E-state index contributed by atoms with van der Waals surface area (Å²) >= 11 is 0. The summed E-state index contributed by atoms with van der Waals surface area (Å²) in [6.07, 6.45) is 1.90. The second kappa shape index (κ2) is 5.73. The van der Waals surface area contributed by atoms with Crippen LogP contribution in [-0.4, -0.2) is 35.9 Å². The number of carbonyl (C=O) groups excluding carboxylic acids is 1. The quantitative estimate of drug-likeness (QED) is 0.704. The van der Waals surface area contributed by atoms with E-state index in [1.54, 1.807) is 0 Å². The van der Waals surface area contributed by atoms with E-state index in [0.29, 0.717) is 12.5 Å². The zero-order valence-electron chi connectivity index (χ0n) is 10.1. The monoisotopic (exact) mass is 251 g/mol. The number of carbonyl (C=O) groups is 1. The third-order valence-corrected chi connectivity index (χ3v) is 3.09. The number of ether oxygens (including phenoxy) is 1. The van der Waals surface area contributed by atoms with Crippen molar-refractivity contribution in [2.24, 2.45) is 5.92 Å². The normalized spacial score (nSPS) is 18.8. The fraction of sp³-hybridized carbons (Fsp3) is 0.462. The molecule has 0 aliphatic carbocycles. The van der Waals surface area contributed by atoms with Gasteiger partial charge in [-0.25, -0.2) is 0 Å². The Labute approximate surface area is 105 Å². The minimum Gasteiger partial charge on any atom is -0.508 e. The summed E-state index contributed by atoms with van der Waals surface area (Å²) in [5, 5.41) is 21.5. The van der Waals surface area contributed by atoms with Gasteiger partial charge in [-0.3, -0.25) is 4.79 Å². The number of phenolic OH excluding ortho intramolecular Hbond substituents is 2. The van der Waals surface area contributed by atoms with Crippen LogP contribution in [0.1, 0.15) is 23.2 Å². The molecule has 0 aromatic heterocycles. The van der Waals surface area contributed by atoms with E-state index in [2.05, 4.69) is 5.32 Å². The van der Waals surface area contributed by atoms with Gasteiger partial charge in [0.1, 0.15) is 11.5 Å². The lowest BCUT2D eigenvalue weighted by atomic mass is 10.1. The van der Waals surface area contributed by atoms with Gasteiger partial charge in [-0.15, -0.1) is 0 Å². The van der Waals surface area contributed by atoms with E-state index in [0.717, 1.165) is 26.1 Å². The number of nitrogens with one attached hydrogen (secondary N) is 1. The molecule has 0 saturated carbocycles. The molecule has 1 aliphatic heterocycles. The van der Waals surface area contributed by atoms with E-state index < -0.39 is 0 Å². The Balaban J connectivity index is 1.85. The van der Waals surface area contributed by atoms with Crippen LogP contribution in [-0.2, 0) is 4.74 Å². The second-order valence-electron chi connectivity index (χ2n) is 4.48. The lowest BCUT2D eigenvalue weighted by Crippen LogP contribution is -2.26. The van der Waals surface area contributed by atoms with E-state index in [-0.39, 0.29) is 23.0 Å². The maximum atomic E-state index is 11.8.